The lowest BCUT2D eigenvalue weighted by Gasteiger charge is -2.04. The van der Waals surface area contributed by atoms with Crippen LogP contribution in [0.5, 0.6) is 5.75 Å². The Hall–Kier alpha value is -3.72. The first-order valence-electron chi connectivity index (χ1n) is 8.12. The smallest absolute Gasteiger partial charge is 0.311 e. The van der Waals surface area contributed by atoms with Crippen molar-refractivity contribution in [1.82, 2.24) is 9.38 Å². The third-order valence-corrected chi connectivity index (χ3v) is 4.86. The molecule has 28 heavy (non-hydrogen) atoms. The van der Waals surface area contributed by atoms with Crippen LogP contribution in [0.15, 0.2) is 58.7 Å². The van der Waals surface area contributed by atoms with Crippen molar-refractivity contribution in [3.05, 3.63) is 75.8 Å². The van der Waals surface area contributed by atoms with Crippen LogP contribution in [-0.4, -0.2) is 27.2 Å². The molecule has 0 fully saturated rings. The number of carbonyl (C=O) groups is 1. The SMILES string of the molecule is COc1ccc(-c2nc3sccn3c2/C=C/C(=O)c2ccco2)cc1[N+](=O)[O-]. The Balaban J connectivity index is 1.81. The first-order valence-corrected chi connectivity index (χ1v) is 9.00. The molecule has 0 bridgehead atoms. The van der Waals surface area contributed by atoms with E-state index in [9.17, 15) is 14.9 Å². The van der Waals surface area contributed by atoms with Crippen molar-refractivity contribution >= 4 is 33.8 Å². The average molecular weight is 395 g/mol. The summed E-state index contributed by atoms with van der Waals surface area (Å²) in [7, 11) is 1.38. The molecule has 0 aliphatic rings. The number of furan rings is 1. The van der Waals surface area contributed by atoms with Crippen LogP contribution in [0.25, 0.3) is 22.3 Å². The molecule has 0 aliphatic heterocycles. The molecule has 0 amide bonds. The topological polar surface area (TPSA) is 99.9 Å². The minimum atomic E-state index is -0.503. The molecule has 0 spiro atoms. The van der Waals surface area contributed by atoms with Crippen molar-refractivity contribution < 1.29 is 18.9 Å². The van der Waals surface area contributed by atoms with Crippen molar-refractivity contribution in [2.75, 3.05) is 7.11 Å². The van der Waals surface area contributed by atoms with Crippen LogP contribution in [-0.2, 0) is 0 Å². The zero-order valence-corrected chi connectivity index (χ0v) is 15.4. The highest BCUT2D eigenvalue weighted by molar-refractivity contribution is 7.15. The number of hydrogen-bond donors (Lipinski definition) is 0. The van der Waals surface area contributed by atoms with Crippen molar-refractivity contribution in [3.63, 3.8) is 0 Å². The Morgan fingerprint density at radius 1 is 1.39 bits per heavy atom. The third-order valence-electron chi connectivity index (χ3n) is 4.10. The van der Waals surface area contributed by atoms with Crippen LogP contribution in [0.1, 0.15) is 16.2 Å². The van der Waals surface area contributed by atoms with Gasteiger partial charge < -0.3 is 9.15 Å². The van der Waals surface area contributed by atoms with Crippen LogP contribution < -0.4 is 4.74 Å². The van der Waals surface area contributed by atoms with Gasteiger partial charge in [0.25, 0.3) is 0 Å². The van der Waals surface area contributed by atoms with Crippen LogP contribution in [0, 0.1) is 10.1 Å². The number of allylic oxidation sites excluding steroid dienone is 1. The average Bonchev–Trinajstić information content (AvgIpc) is 3.43. The first kappa shape index (κ1) is 17.7. The maximum atomic E-state index is 12.2. The van der Waals surface area contributed by atoms with Crippen molar-refractivity contribution in [1.29, 1.82) is 0 Å². The molecule has 0 N–H and O–H groups in total. The van der Waals surface area contributed by atoms with Crippen molar-refractivity contribution in [2.45, 2.75) is 0 Å². The molecule has 3 aromatic heterocycles. The number of nitrogens with zero attached hydrogens (tertiary/aromatic N) is 3. The van der Waals surface area contributed by atoms with Gasteiger partial charge in [-0.3, -0.25) is 19.3 Å². The highest BCUT2D eigenvalue weighted by Crippen LogP contribution is 2.34. The fourth-order valence-electron chi connectivity index (χ4n) is 2.81. The molecule has 4 aromatic rings. The molecule has 0 unspecified atom stereocenters. The number of methoxy groups -OCH3 is 1. The van der Waals surface area contributed by atoms with E-state index in [0.717, 1.165) is 0 Å². The van der Waals surface area contributed by atoms with Crippen LogP contribution in [0.2, 0.25) is 0 Å². The summed E-state index contributed by atoms with van der Waals surface area (Å²) in [5.74, 6) is 0.102. The quantitative estimate of drug-likeness (QED) is 0.207. The van der Waals surface area contributed by atoms with Gasteiger partial charge in [0.1, 0.15) is 0 Å². The van der Waals surface area contributed by atoms with E-state index in [1.54, 1.807) is 24.3 Å². The Morgan fingerprint density at radius 3 is 2.96 bits per heavy atom. The van der Waals surface area contributed by atoms with Gasteiger partial charge >= 0.3 is 5.69 Å². The number of benzene rings is 1. The number of hydrogen-bond acceptors (Lipinski definition) is 7. The summed E-state index contributed by atoms with van der Waals surface area (Å²) >= 11 is 1.42. The summed E-state index contributed by atoms with van der Waals surface area (Å²) in [5, 5.41) is 13.2. The maximum absolute atomic E-state index is 12.2. The van der Waals surface area contributed by atoms with E-state index in [2.05, 4.69) is 4.98 Å². The Kier molecular flexibility index (Phi) is 4.50. The van der Waals surface area contributed by atoms with Crippen molar-refractivity contribution in [2.24, 2.45) is 0 Å². The molecular weight excluding hydrogens is 382 g/mol. The van der Waals surface area contributed by atoms with Gasteiger partial charge in [-0.1, -0.05) is 0 Å². The lowest BCUT2D eigenvalue weighted by Crippen LogP contribution is -1.95. The van der Waals surface area contributed by atoms with Crippen LogP contribution >= 0.6 is 11.3 Å². The normalized spacial score (nSPS) is 11.3. The number of nitro groups is 1. The summed E-state index contributed by atoms with van der Waals surface area (Å²) in [4.78, 5) is 28.4. The molecule has 8 nitrogen and oxygen atoms in total. The van der Waals surface area contributed by atoms with Gasteiger partial charge in [0.05, 0.1) is 29.7 Å². The predicted octanol–water partition coefficient (Wildman–Crippen LogP) is 4.47. The molecule has 0 atom stereocenters. The number of nitro benzene ring substituents is 1. The number of carbonyl (C=O) groups excluding carboxylic acids is 1. The van der Waals surface area contributed by atoms with E-state index in [0.29, 0.717) is 21.9 Å². The van der Waals surface area contributed by atoms with E-state index in [1.165, 1.54) is 42.9 Å². The van der Waals surface area contributed by atoms with Gasteiger partial charge in [-0.05, 0) is 36.4 Å². The highest BCUT2D eigenvalue weighted by atomic mass is 32.1. The van der Waals surface area contributed by atoms with Gasteiger partial charge in [-0.15, -0.1) is 11.3 Å². The van der Waals surface area contributed by atoms with E-state index < -0.39 is 4.92 Å². The van der Waals surface area contributed by atoms with E-state index in [-0.39, 0.29) is 23.0 Å². The molecule has 3 heterocycles. The summed E-state index contributed by atoms with van der Waals surface area (Å²) in [6.07, 6.45) is 6.27. The third kappa shape index (κ3) is 3.08. The molecule has 0 saturated heterocycles. The second kappa shape index (κ2) is 7.12. The molecule has 140 valence electrons. The van der Waals surface area contributed by atoms with E-state index in [1.807, 2.05) is 16.0 Å². The standard InChI is InChI=1S/C19H13N3O5S/c1-26-16-7-4-12(11-14(16)22(24)25)18-13(21-8-10-28-19(21)20-18)5-6-15(23)17-3-2-9-27-17/h2-11H,1H3/b6-5+. The van der Waals surface area contributed by atoms with E-state index in [4.69, 9.17) is 9.15 Å². The summed E-state index contributed by atoms with van der Waals surface area (Å²) in [5.41, 5.74) is 1.56. The van der Waals surface area contributed by atoms with E-state index >= 15 is 0 Å². The fraction of sp³-hybridized carbons (Fsp3) is 0.0526. The summed E-state index contributed by atoms with van der Waals surface area (Å²) in [6, 6.07) is 7.86. The monoisotopic (exact) mass is 395 g/mol. The molecule has 9 heteroatoms. The second-order valence-electron chi connectivity index (χ2n) is 5.72. The minimum Gasteiger partial charge on any atom is -0.490 e. The number of ketones is 1. The van der Waals surface area contributed by atoms with Gasteiger partial charge in [0.15, 0.2) is 16.5 Å². The molecule has 1 aromatic carbocycles. The lowest BCUT2D eigenvalue weighted by molar-refractivity contribution is -0.385. The Labute approximate surface area is 162 Å². The molecule has 4 rings (SSSR count). The van der Waals surface area contributed by atoms with Gasteiger partial charge in [0.2, 0.25) is 5.78 Å². The molecule has 0 radical (unpaired) electrons. The second-order valence-corrected chi connectivity index (χ2v) is 6.59. The molecular formula is C19H13N3O5S. The predicted molar refractivity (Wildman–Crippen MR) is 104 cm³/mol. The van der Waals surface area contributed by atoms with Crippen LogP contribution in [0.4, 0.5) is 5.69 Å². The number of aromatic nitrogens is 2. The number of imidazole rings is 1. The zero-order chi connectivity index (χ0) is 19.7. The molecule has 0 aliphatic carbocycles. The number of rotatable bonds is 6. The Bertz CT molecular complexity index is 1200. The number of thiazole rings is 1. The first-order chi connectivity index (χ1) is 13.6. The zero-order valence-electron chi connectivity index (χ0n) is 14.6. The Morgan fingerprint density at radius 2 is 2.25 bits per heavy atom. The van der Waals surface area contributed by atoms with Gasteiger partial charge in [-0.25, -0.2) is 4.98 Å². The number of ether oxygens (including phenoxy) is 1. The fourth-order valence-corrected chi connectivity index (χ4v) is 3.53. The van der Waals surface area contributed by atoms with Gasteiger partial charge in [-0.2, -0.15) is 0 Å². The highest BCUT2D eigenvalue weighted by Gasteiger charge is 2.20. The number of fused-ring (bicyclic) bond motifs is 1. The summed E-state index contributed by atoms with van der Waals surface area (Å²) < 4.78 is 12.0. The van der Waals surface area contributed by atoms with Crippen LogP contribution in [0.3, 0.4) is 0 Å². The summed E-state index contributed by atoms with van der Waals surface area (Å²) in [6.45, 7) is 0. The minimum absolute atomic E-state index is 0.155. The largest absolute Gasteiger partial charge is 0.490 e. The molecule has 0 saturated carbocycles. The maximum Gasteiger partial charge on any atom is 0.311 e. The lowest BCUT2D eigenvalue weighted by atomic mass is 10.1. The van der Waals surface area contributed by atoms with Gasteiger partial charge in [0, 0.05) is 23.2 Å². The van der Waals surface area contributed by atoms with Crippen molar-refractivity contribution in [3.8, 4) is 17.0 Å².